The van der Waals surface area contributed by atoms with E-state index in [1.54, 1.807) is 25.3 Å². The van der Waals surface area contributed by atoms with Crippen molar-refractivity contribution < 1.29 is 14.3 Å². The molecule has 7 heteroatoms. The second-order valence-electron chi connectivity index (χ2n) is 4.90. The number of methoxy groups -OCH3 is 2. The molecule has 23 heavy (non-hydrogen) atoms. The van der Waals surface area contributed by atoms with Crippen LogP contribution in [0.4, 0.5) is 0 Å². The maximum Gasteiger partial charge on any atom is 0.228 e. The van der Waals surface area contributed by atoms with Gasteiger partial charge in [-0.3, -0.25) is 9.78 Å². The number of carbonyl (C=O) groups is 1. The zero-order valence-corrected chi connectivity index (χ0v) is 14.2. The van der Waals surface area contributed by atoms with Crippen molar-refractivity contribution in [3.63, 3.8) is 0 Å². The van der Waals surface area contributed by atoms with Gasteiger partial charge in [-0.25, -0.2) is 4.98 Å². The van der Waals surface area contributed by atoms with Crippen LogP contribution in [0.25, 0.3) is 10.7 Å². The molecule has 124 valence electrons. The third-order valence-electron chi connectivity index (χ3n) is 3.25. The Labute approximate surface area is 140 Å². The van der Waals surface area contributed by atoms with Gasteiger partial charge < -0.3 is 14.4 Å². The summed E-state index contributed by atoms with van der Waals surface area (Å²) in [5.41, 5.74) is 1.59. The number of ether oxygens (including phenoxy) is 2. The van der Waals surface area contributed by atoms with E-state index in [0.29, 0.717) is 26.3 Å². The highest BCUT2D eigenvalue weighted by Crippen LogP contribution is 2.21. The van der Waals surface area contributed by atoms with Gasteiger partial charge in [-0.1, -0.05) is 6.07 Å². The Morgan fingerprint density at radius 1 is 1.22 bits per heavy atom. The lowest BCUT2D eigenvalue weighted by Gasteiger charge is -2.21. The average Bonchev–Trinajstić information content (AvgIpc) is 3.04. The second-order valence-corrected chi connectivity index (χ2v) is 5.76. The Balaban J connectivity index is 1.99. The molecule has 0 aliphatic heterocycles. The summed E-state index contributed by atoms with van der Waals surface area (Å²) < 4.78 is 10.1. The number of aromatic nitrogens is 2. The molecule has 0 radical (unpaired) electrons. The Morgan fingerprint density at radius 2 is 1.96 bits per heavy atom. The fourth-order valence-electron chi connectivity index (χ4n) is 2.03. The van der Waals surface area contributed by atoms with Crippen molar-refractivity contribution in [2.24, 2.45) is 0 Å². The number of hydrogen-bond donors (Lipinski definition) is 0. The third kappa shape index (κ3) is 5.38. The van der Waals surface area contributed by atoms with Crippen LogP contribution >= 0.6 is 11.3 Å². The van der Waals surface area contributed by atoms with Crippen LogP contribution in [-0.2, 0) is 20.7 Å². The molecule has 0 aliphatic carbocycles. The smallest absolute Gasteiger partial charge is 0.228 e. The van der Waals surface area contributed by atoms with E-state index >= 15 is 0 Å². The van der Waals surface area contributed by atoms with Crippen molar-refractivity contribution in [3.8, 4) is 10.7 Å². The lowest BCUT2D eigenvalue weighted by atomic mass is 10.3. The van der Waals surface area contributed by atoms with E-state index in [4.69, 9.17) is 9.47 Å². The molecule has 0 N–H and O–H groups in total. The average molecular weight is 335 g/mol. The van der Waals surface area contributed by atoms with Crippen LogP contribution in [-0.4, -0.2) is 61.3 Å². The van der Waals surface area contributed by atoms with Crippen LogP contribution in [0.5, 0.6) is 0 Å². The molecule has 0 saturated carbocycles. The van der Waals surface area contributed by atoms with E-state index in [2.05, 4.69) is 9.97 Å². The van der Waals surface area contributed by atoms with Gasteiger partial charge in [-0.15, -0.1) is 11.3 Å². The van der Waals surface area contributed by atoms with E-state index < -0.39 is 0 Å². The summed E-state index contributed by atoms with van der Waals surface area (Å²) in [5.74, 6) is 0.0250. The van der Waals surface area contributed by atoms with Gasteiger partial charge in [0.15, 0.2) is 0 Å². The van der Waals surface area contributed by atoms with Crippen LogP contribution in [0.1, 0.15) is 5.69 Å². The lowest BCUT2D eigenvalue weighted by Crippen LogP contribution is -2.37. The van der Waals surface area contributed by atoms with Gasteiger partial charge in [0.2, 0.25) is 5.91 Å². The van der Waals surface area contributed by atoms with Gasteiger partial charge in [0.1, 0.15) is 5.01 Å². The fraction of sp³-hybridized carbons (Fsp3) is 0.438. The largest absolute Gasteiger partial charge is 0.383 e. The SMILES string of the molecule is COCCN(CCOC)C(=O)Cc1csc(-c2ccccn2)n1. The first kappa shape index (κ1) is 17.5. The fourth-order valence-corrected chi connectivity index (χ4v) is 2.82. The molecule has 0 bridgehead atoms. The Kier molecular flexibility index (Phi) is 7.12. The van der Waals surface area contributed by atoms with Gasteiger partial charge >= 0.3 is 0 Å². The van der Waals surface area contributed by atoms with E-state index in [1.165, 1.54) is 11.3 Å². The number of rotatable bonds is 9. The molecule has 0 fully saturated rings. The molecule has 1 amide bonds. The zero-order chi connectivity index (χ0) is 16.5. The molecule has 0 aliphatic rings. The van der Waals surface area contributed by atoms with Gasteiger partial charge in [-0.2, -0.15) is 0 Å². The minimum absolute atomic E-state index is 0.0250. The Hall–Kier alpha value is -1.83. The van der Waals surface area contributed by atoms with Crippen LogP contribution in [0.3, 0.4) is 0 Å². The molecule has 2 heterocycles. The quantitative estimate of drug-likeness (QED) is 0.700. The zero-order valence-electron chi connectivity index (χ0n) is 13.4. The summed E-state index contributed by atoms with van der Waals surface area (Å²) in [6.45, 7) is 2.11. The Bertz CT molecular complexity index is 596. The molecular weight excluding hydrogens is 314 g/mol. The van der Waals surface area contributed by atoms with Gasteiger partial charge in [0.05, 0.1) is 31.0 Å². The van der Waals surface area contributed by atoms with Crippen molar-refractivity contribution in [2.75, 3.05) is 40.5 Å². The highest BCUT2D eigenvalue weighted by Gasteiger charge is 2.16. The van der Waals surface area contributed by atoms with Crippen LogP contribution in [0.2, 0.25) is 0 Å². The molecular formula is C16H21N3O3S. The number of amides is 1. The molecule has 0 unspecified atom stereocenters. The summed E-state index contributed by atoms with van der Waals surface area (Å²) in [6, 6.07) is 5.70. The minimum Gasteiger partial charge on any atom is -0.383 e. The molecule has 0 spiro atoms. The molecule has 0 saturated heterocycles. The predicted octanol–water partition coefficient (Wildman–Crippen LogP) is 1.87. The van der Waals surface area contributed by atoms with Crippen LogP contribution in [0.15, 0.2) is 29.8 Å². The third-order valence-corrected chi connectivity index (χ3v) is 4.17. The predicted molar refractivity (Wildman–Crippen MR) is 89.4 cm³/mol. The highest BCUT2D eigenvalue weighted by atomic mass is 32.1. The normalized spacial score (nSPS) is 10.7. The van der Waals surface area contributed by atoms with E-state index in [-0.39, 0.29) is 12.3 Å². The number of pyridine rings is 1. The Morgan fingerprint density at radius 3 is 2.57 bits per heavy atom. The standard InChI is InChI=1S/C16H21N3O3S/c1-21-9-7-19(8-10-22-2)15(20)11-13-12-23-16(18-13)14-5-3-4-6-17-14/h3-6,12H,7-11H2,1-2H3. The van der Waals surface area contributed by atoms with Crippen molar-refractivity contribution in [1.29, 1.82) is 0 Å². The number of hydrogen-bond acceptors (Lipinski definition) is 6. The summed E-state index contributed by atoms with van der Waals surface area (Å²) in [7, 11) is 3.25. The monoisotopic (exact) mass is 335 g/mol. The molecule has 2 aromatic heterocycles. The van der Waals surface area contributed by atoms with E-state index in [0.717, 1.165) is 16.4 Å². The first-order valence-corrected chi connectivity index (χ1v) is 8.24. The van der Waals surface area contributed by atoms with Crippen molar-refractivity contribution >= 4 is 17.2 Å². The summed E-state index contributed by atoms with van der Waals surface area (Å²) in [4.78, 5) is 23.0. The first-order chi connectivity index (χ1) is 11.2. The van der Waals surface area contributed by atoms with Gasteiger partial charge in [0, 0.05) is 38.9 Å². The maximum atomic E-state index is 12.4. The van der Waals surface area contributed by atoms with E-state index in [1.807, 2.05) is 23.6 Å². The molecule has 2 aromatic rings. The topological polar surface area (TPSA) is 64.6 Å². The molecule has 2 rings (SSSR count). The summed E-state index contributed by atoms with van der Waals surface area (Å²) >= 11 is 1.50. The number of nitrogens with zero attached hydrogens (tertiary/aromatic N) is 3. The summed E-state index contributed by atoms with van der Waals surface area (Å²) in [6.07, 6.45) is 2.01. The maximum absolute atomic E-state index is 12.4. The van der Waals surface area contributed by atoms with Gasteiger partial charge in [-0.05, 0) is 12.1 Å². The van der Waals surface area contributed by atoms with E-state index in [9.17, 15) is 4.79 Å². The lowest BCUT2D eigenvalue weighted by molar-refractivity contribution is -0.131. The van der Waals surface area contributed by atoms with Crippen molar-refractivity contribution in [1.82, 2.24) is 14.9 Å². The number of thiazole rings is 1. The van der Waals surface area contributed by atoms with Gasteiger partial charge in [0.25, 0.3) is 0 Å². The molecule has 0 aromatic carbocycles. The first-order valence-electron chi connectivity index (χ1n) is 7.36. The van der Waals surface area contributed by atoms with Crippen LogP contribution < -0.4 is 0 Å². The highest BCUT2D eigenvalue weighted by molar-refractivity contribution is 7.13. The minimum atomic E-state index is 0.0250. The molecule has 0 atom stereocenters. The van der Waals surface area contributed by atoms with Crippen LogP contribution in [0, 0.1) is 0 Å². The van der Waals surface area contributed by atoms with Crippen molar-refractivity contribution in [3.05, 3.63) is 35.5 Å². The second kappa shape index (κ2) is 9.34. The number of carbonyl (C=O) groups excluding carboxylic acids is 1. The molecule has 6 nitrogen and oxygen atoms in total. The van der Waals surface area contributed by atoms with Crippen molar-refractivity contribution in [2.45, 2.75) is 6.42 Å². The summed E-state index contributed by atoms with van der Waals surface area (Å²) in [5, 5.41) is 2.74.